The third-order valence-electron chi connectivity index (χ3n) is 3.87. The molecule has 4 nitrogen and oxygen atoms in total. The summed E-state index contributed by atoms with van der Waals surface area (Å²) in [5, 5.41) is 9.22. The van der Waals surface area contributed by atoms with E-state index in [-0.39, 0.29) is 18.6 Å². The molecule has 1 heterocycles. The molecule has 1 atom stereocenters. The zero-order valence-corrected chi connectivity index (χ0v) is 10.6. The number of amides is 1. The molecule has 1 saturated heterocycles. The molecule has 17 heavy (non-hydrogen) atoms. The Morgan fingerprint density at radius 2 is 2.41 bits per heavy atom. The van der Waals surface area contributed by atoms with Crippen LogP contribution in [0, 0.1) is 0 Å². The Balaban J connectivity index is 1.87. The van der Waals surface area contributed by atoms with Gasteiger partial charge in [-0.2, -0.15) is 0 Å². The lowest BCUT2D eigenvalue weighted by Crippen LogP contribution is -2.41. The smallest absolute Gasteiger partial charge is 0.240 e. The summed E-state index contributed by atoms with van der Waals surface area (Å²) in [6, 6.07) is 0.185. The first-order valence-electron chi connectivity index (χ1n) is 6.53. The highest BCUT2D eigenvalue weighted by Crippen LogP contribution is 2.21. The molecule has 96 valence electrons. The lowest BCUT2D eigenvalue weighted by molar-refractivity contribution is -0.129. The van der Waals surface area contributed by atoms with E-state index in [4.69, 9.17) is 0 Å². The summed E-state index contributed by atoms with van der Waals surface area (Å²) in [7, 11) is 1.86. The maximum absolute atomic E-state index is 12.1. The van der Waals surface area contributed by atoms with Crippen LogP contribution in [0.2, 0.25) is 0 Å². The minimum Gasteiger partial charge on any atom is -0.395 e. The highest BCUT2D eigenvalue weighted by atomic mass is 16.3. The van der Waals surface area contributed by atoms with Gasteiger partial charge in [-0.25, -0.2) is 0 Å². The monoisotopic (exact) mass is 238 g/mol. The van der Waals surface area contributed by atoms with Crippen LogP contribution in [0.1, 0.15) is 32.1 Å². The Hall–Kier alpha value is -0.870. The summed E-state index contributed by atoms with van der Waals surface area (Å²) in [4.78, 5) is 16.0. The van der Waals surface area contributed by atoms with Crippen molar-refractivity contribution in [2.45, 2.75) is 38.1 Å². The van der Waals surface area contributed by atoms with Gasteiger partial charge in [-0.05, 0) is 38.6 Å². The van der Waals surface area contributed by atoms with Gasteiger partial charge in [0.2, 0.25) is 5.91 Å². The Bertz CT molecular complexity index is 315. The number of allylic oxidation sites excluding steroid dienone is 2. The molecule has 1 fully saturated rings. The molecule has 1 amide bonds. The van der Waals surface area contributed by atoms with Gasteiger partial charge in [0.1, 0.15) is 0 Å². The molecule has 1 N–H and O–H groups in total. The minimum atomic E-state index is 0.151. The molecule has 0 aromatic heterocycles. The number of hydrogen-bond donors (Lipinski definition) is 1. The third-order valence-corrected chi connectivity index (χ3v) is 3.87. The van der Waals surface area contributed by atoms with Crippen LogP contribution in [-0.4, -0.2) is 53.6 Å². The molecule has 0 aromatic carbocycles. The zero-order valence-electron chi connectivity index (χ0n) is 10.6. The van der Waals surface area contributed by atoms with E-state index in [2.05, 4.69) is 11.0 Å². The normalized spacial score (nSPS) is 25.1. The Morgan fingerprint density at radius 1 is 1.59 bits per heavy atom. The van der Waals surface area contributed by atoms with Crippen LogP contribution in [0.5, 0.6) is 0 Å². The van der Waals surface area contributed by atoms with Crippen molar-refractivity contribution in [2.24, 2.45) is 0 Å². The first-order valence-corrected chi connectivity index (χ1v) is 6.53. The van der Waals surface area contributed by atoms with Crippen molar-refractivity contribution in [1.82, 2.24) is 9.80 Å². The Kier molecular flexibility index (Phi) is 4.18. The minimum absolute atomic E-state index is 0.151. The summed E-state index contributed by atoms with van der Waals surface area (Å²) >= 11 is 0. The fraction of sp³-hybridized carbons (Fsp3) is 0.769. The van der Waals surface area contributed by atoms with Gasteiger partial charge in [-0.15, -0.1) is 0 Å². The summed E-state index contributed by atoms with van der Waals surface area (Å²) < 4.78 is 0. The van der Waals surface area contributed by atoms with Gasteiger partial charge >= 0.3 is 0 Å². The highest BCUT2D eigenvalue weighted by Gasteiger charge is 2.27. The van der Waals surface area contributed by atoms with Crippen LogP contribution in [-0.2, 0) is 4.79 Å². The maximum Gasteiger partial charge on any atom is 0.240 e. The second kappa shape index (κ2) is 5.65. The molecule has 0 bridgehead atoms. The van der Waals surface area contributed by atoms with Crippen molar-refractivity contribution in [1.29, 1.82) is 0 Å². The highest BCUT2D eigenvalue weighted by molar-refractivity contribution is 5.79. The number of likely N-dealkylation sites (tertiary alicyclic amines) is 1. The maximum atomic E-state index is 12.1. The Labute approximate surface area is 103 Å². The van der Waals surface area contributed by atoms with Crippen molar-refractivity contribution in [2.75, 3.05) is 26.7 Å². The van der Waals surface area contributed by atoms with Crippen LogP contribution in [0.4, 0.5) is 0 Å². The number of likely N-dealkylation sites (N-methyl/N-ethyl adjacent to an activating group) is 1. The molecule has 0 aromatic rings. The fourth-order valence-electron chi connectivity index (χ4n) is 2.71. The molecule has 2 rings (SSSR count). The number of aliphatic hydroxyl groups excluding tert-OH is 1. The van der Waals surface area contributed by atoms with E-state index in [1.807, 2.05) is 7.05 Å². The second-order valence-corrected chi connectivity index (χ2v) is 4.99. The van der Waals surface area contributed by atoms with E-state index in [0.717, 1.165) is 44.3 Å². The van der Waals surface area contributed by atoms with Crippen molar-refractivity contribution in [3.8, 4) is 0 Å². The third kappa shape index (κ3) is 2.87. The molecule has 1 aliphatic heterocycles. The van der Waals surface area contributed by atoms with Crippen molar-refractivity contribution < 1.29 is 9.90 Å². The van der Waals surface area contributed by atoms with E-state index in [0.29, 0.717) is 6.54 Å². The van der Waals surface area contributed by atoms with E-state index < -0.39 is 0 Å². The standard InChI is InChI=1S/C13H22N2O2/c1-14(11-5-2-3-6-11)13(17)9-15-8-4-7-12(15)10-16/h5,12,16H,2-4,6-10H2,1H3. The molecular formula is C13H22N2O2. The molecular weight excluding hydrogens is 216 g/mol. The van der Waals surface area contributed by atoms with Gasteiger partial charge < -0.3 is 10.0 Å². The molecule has 0 saturated carbocycles. The van der Waals surface area contributed by atoms with Crippen molar-refractivity contribution >= 4 is 5.91 Å². The Morgan fingerprint density at radius 3 is 3.06 bits per heavy atom. The molecule has 1 aliphatic carbocycles. The number of rotatable bonds is 4. The van der Waals surface area contributed by atoms with E-state index >= 15 is 0 Å². The molecule has 0 spiro atoms. The summed E-state index contributed by atoms with van der Waals surface area (Å²) in [6.07, 6.45) is 7.53. The predicted molar refractivity (Wildman–Crippen MR) is 66.4 cm³/mol. The van der Waals surface area contributed by atoms with Gasteiger partial charge in [-0.1, -0.05) is 6.08 Å². The first kappa shape index (κ1) is 12.6. The quantitative estimate of drug-likeness (QED) is 0.793. The lowest BCUT2D eigenvalue weighted by atomic mass is 10.2. The summed E-state index contributed by atoms with van der Waals surface area (Å²) in [6.45, 7) is 1.54. The van der Waals surface area contributed by atoms with E-state index in [1.54, 1.807) is 4.90 Å². The summed E-state index contributed by atoms with van der Waals surface area (Å²) in [5.41, 5.74) is 1.16. The average molecular weight is 238 g/mol. The topological polar surface area (TPSA) is 43.8 Å². The largest absolute Gasteiger partial charge is 0.395 e. The van der Waals surface area contributed by atoms with Gasteiger partial charge in [0.15, 0.2) is 0 Å². The fourth-order valence-corrected chi connectivity index (χ4v) is 2.71. The zero-order chi connectivity index (χ0) is 12.3. The molecule has 0 radical (unpaired) electrons. The van der Waals surface area contributed by atoms with Crippen LogP contribution >= 0.6 is 0 Å². The van der Waals surface area contributed by atoms with Gasteiger partial charge in [0.25, 0.3) is 0 Å². The number of carbonyl (C=O) groups excluding carboxylic acids is 1. The second-order valence-electron chi connectivity index (χ2n) is 4.99. The van der Waals surface area contributed by atoms with Crippen molar-refractivity contribution in [3.63, 3.8) is 0 Å². The number of hydrogen-bond acceptors (Lipinski definition) is 3. The number of aliphatic hydroxyl groups is 1. The molecule has 2 aliphatic rings. The van der Waals surface area contributed by atoms with Gasteiger partial charge in [0.05, 0.1) is 13.2 Å². The first-order chi connectivity index (χ1) is 8.22. The molecule has 1 unspecified atom stereocenters. The van der Waals surface area contributed by atoms with Gasteiger partial charge in [-0.3, -0.25) is 9.69 Å². The average Bonchev–Trinajstić information content (AvgIpc) is 2.98. The van der Waals surface area contributed by atoms with Crippen LogP contribution < -0.4 is 0 Å². The number of carbonyl (C=O) groups is 1. The molecule has 4 heteroatoms. The lowest BCUT2D eigenvalue weighted by Gasteiger charge is -2.26. The van der Waals surface area contributed by atoms with E-state index in [9.17, 15) is 9.90 Å². The van der Waals surface area contributed by atoms with Crippen LogP contribution in [0.3, 0.4) is 0 Å². The van der Waals surface area contributed by atoms with Crippen LogP contribution in [0.15, 0.2) is 11.8 Å². The van der Waals surface area contributed by atoms with Crippen LogP contribution in [0.25, 0.3) is 0 Å². The van der Waals surface area contributed by atoms with Gasteiger partial charge in [0, 0.05) is 18.8 Å². The SMILES string of the molecule is CN(C(=O)CN1CCCC1CO)C1=CCCC1. The van der Waals surface area contributed by atoms with E-state index in [1.165, 1.54) is 0 Å². The predicted octanol–water partition coefficient (Wildman–Crippen LogP) is 0.969. The summed E-state index contributed by atoms with van der Waals surface area (Å²) in [5.74, 6) is 0.151. The van der Waals surface area contributed by atoms with Crippen molar-refractivity contribution in [3.05, 3.63) is 11.8 Å². The number of nitrogens with zero attached hydrogens (tertiary/aromatic N) is 2.